The van der Waals surface area contributed by atoms with E-state index in [1.54, 1.807) is 0 Å². The van der Waals surface area contributed by atoms with Gasteiger partial charge in [0, 0.05) is 0 Å². The van der Waals surface area contributed by atoms with Crippen molar-refractivity contribution in [3.63, 3.8) is 0 Å². The van der Waals surface area contributed by atoms with E-state index in [4.69, 9.17) is 57.5 Å². The summed E-state index contributed by atoms with van der Waals surface area (Å²) in [5, 5.41) is 0. The molecule has 0 fully saturated rings. The van der Waals surface area contributed by atoms with Gasteiger partial charge in [-0.2, -0.15) is 0 Å². The summed E-state index contributed by atoms with van der Waals surface area (Å²) in [7, 11) is -16.8. The zero-order chi connectivity index (χ0) is 13.5. The van der Waals surface area contributed by atoms with Gasteiger partial charge in [-0.3, -0.25) is 0 Å². The van der Waals surface area contributed by atoms with Crippen LogP contribution in [0, 0.1) is 0 Å². The third-order valence-electron chi connectivity index (χ3n) is 0. The number of hydrogen-bond acceptors (Lipinski definition) is 12. The topological polar surface area (TPSA) is 277 Å². The van der Waals surface area contributed by atoms with E-state index in [9.17, 15) is 0 Å². The van der Waals surface area contributed by atoms with Crippen molar-refractivity contribution in [3.05, 3.63) is 0 Å². The largest absolute Gasteiger partial charge is 2.00 e. The van der Waals surface area contributed by atoms with Gasteiger partial charge in [0.2, 0.25) is 0 Å². The van der Waals surface area contributed by atoms with Crippen molar-refractivity contribution in [1.82, 2.24) is 0 Å². The molecule has 12 nitrogen and oxygen atoms in total. The fourth-order valence-electron chi connectivity index (χ4n) is 0. The molecule has 21 heteroatoms. The van der Waals surface area contributed by atoms with Crippen LogP contribution < -0.4 is 57.5 Å². The van der Waals surface area contributed by atoms with Gasteiger partial charge in [0.15, 0.2) is 0 Å². The molecule has 0 unspecified atom stereocenters. The van der Waals surface area contributed by atoms with E-state index >= 15 is 0 Å². The van der Waals surface area contributed by atoms with Crippen molar-refractivity contribution >= 4 is 320 Å². The molecule has 0 aliphatic carbocycles. The molecular formula is Ba6O12Si3. The molecule has 0 saturated heterocycles. The molecule has 0 amide bonds. The Labute approximate surface area is 365 Å². The smallest absolute Gasteiger partial charge is 0.894 e. The van der Waals surface area contributed by atoms with Gasteiger partial charge in [-0.15, -0.1) is 0 Å². The average Bonchev–Trinajstić information content (AvgIpc) is 1.41. The maximum atomic E-state index is 8.58. The maximum absolute atomic E-state index is 8.58. The first kappa shape index (κ1) is 57.5. The van der Waals surface area contributed by atoms with Gasteiger partial charge >= 0.3 is 293 Å². The summed E-state index contributed by atoms with van der Waals surface area (Å²) in [6, 6.07) is 0. The Kier molecular flexibility index (Phi) is 87.0. The molecule has 0 aromatic carbocycles. The van der Waals surface area contributed by atoms with Crippen molar-refractivity contribution in [2.75, 3.05) is 0 Å². The van der Waals surface area contributed by atoms with Gasteiger partial charge in [-0.1, -0.05) is 0 Å². The van der Waals surface area contributed by atoms with Gasteiger partial charge in [-0.25, -0.2) is 0 Å². The molecule has 0 bridgehead atoms. The summed E-state index contributed by atoms with van der Waals surface area (Å²) >= 11 is 0. The van der Waals surface area contributed by atoms with E-state index < -0.39 is 27.1 Å². The Bertz CT molecular complexity index is 104. The zero-order valence-electron chi connectivity index (χ0n) is 10.6. The van der Waals surface area contributed by atoms with Crippen molar-refractivity contribution in [2.24, 2.45) is 0 Å². The second-order valence-corrected chi connectivity index (χ2v) is 4.50. The normalized spacial score (nSPS) is 8.57. The van der Waals surface area contributed by atoms with E-state index in [0.29, 0.717) is 0 Å². The van der Waals surface area contributed by atoms with Crippen LogP contribution in [0.1, 0.15) is 0 Å². The van der Waals surface area contributed by atoms with E-state index in [1.165, 1.54) is 0 Å². The molecular weight excluding hydrogens is 1100 g/mol. The monoisotopic (exact) mass is 1100 g/mol. The molecule has 0 aliphatic heterocycles. The summed E-state index contributed by atoms with van der Waals surface area (Å²) in [6.07, 6.45) is 0. The van der Waals surface area contributed by atoms with Crippen LogP contribution in [0.15, 0.2) is 0 Å². The predicted molar refractivity (Wildman–Crippen MR) is 51.8 cm³/mol. The fraction of sp³-hybridized carbons (Fsp3) is 0. The minimum atomic E-state index is -5.61. The summed E-state index contributed by atoms with van der Waals surface area (Å²) in [6.45, 7) is 0. The Morgan fingerprint density at radius 1 is 0.238 bits per heavy atom. The van der Waals surface area contributed by atoms with Gasteiger partial charge in [0.1, 0.15) is 0 Å². The number of hydrogen-bond donors (Lipinski definition) is 0. The van der Waals surface area contributed by atoms with E-state index in [0.717, 1.165) is 0 Å². The summed E-state index contributed by atoms with van der Waals surface area (Å²) < 4.78 is 0. The van der Waals surface area contributed by atoms with E-state index in [1.807, 2.05) is 0 Å². The summed E-state index contributed by atoms with van der Waals surface area (Å²) in [5.41, 5.74) is 0. The third kappa shape index (κ3) is 245. The first-order valence-corrected chi connectivity index (χ1v) is 7.35. The third-order valence-corrected chi connectivity index (χ3v) is 0. The molecule has 0 atom stereocenters. The summed E-state index contributed by atoms with van der Waals surface area (Å²) in [4.78, 5) is 103. The minimum absolute atomic E-state index is 0. The van der Waals surface area contributed by atoms with Gasteiger partial charge in [0.25, 0.3) is 0 Å². The molecule has 96 valence electrons. The molecule has 0 rings (SSSR count). The first-order valence-electron chi connectivity index (χ1n) is 2.45. The summed E-state index contributed by atoms with van der Waals surface area (Å²) in [5.74, 6) is 0. The van der Waals surface area contributed by atoms with Crippen molar-refractivity contribution in [3.8, 4) is 0 Å². The predicted octanol–water partition coefficient (Wildman–Crippen LogP) is -17.7. The van der Waals surface area contributed by atoms with E-state index in [-0.39, 0.29) is 293 Å². The van der Waals surface area contributed by atoms with Gasteiger partial charge in [0.05, 0.1) is 0 Å². The SMILES string of the molecule is [Ba+2].[Ba+2].[Ba+2].[Ba+2].[Ba+2].[Ba+2].[O-][Si]([O-])([O-])[O-].[O-][Si]([O-])([O-])[O-].[O-][Si]([O-])([O-])[O-]. The van der Waals surface area contributed by atoms with Crippen LogP contribution in [0.25, 0.3) is 0 Å². The molecule has 0 spiro atoms. The van der Waals surface area contributed by atoms with Crippen LogP contribution in [0.2, 0.25) is 0 Å². The van der Waals surface area contributed by atoms with Crippen LogP contribution in [0.4, 0.5) is 0 Å². The van der Waals surface area contributed by atoms with Crippen LogP contribution in [0.5, 0.6) is 0 Å². The van der Waals surface area contributed by atoms with Crippen LogP contribution in [-0.4, -0.2) is 320 Å². The molecule has 0 aromatic rings. The molecule has 21 heavy (non-hydrogen) atoms. The van der Waals surface area contributed by atoms with E-state index in [2.05, 4.69) is 0 Å². The molecule has 0 radical (unpaired) electrons. The van der Waals surface area contributed by atoms with Crippen molar-refractivity contribution in [1.29, 1.82) is 0 Å². The first-order chi connectivity index (χ1) is 6.00. The molecule has 0 heterocycles. The average molecular weight is 1100 g/mol. The van der Waals surface area contributed by atoms with Crippen LogP contribution in [-0.2, 0) is 0 Å². The Morgan fingerprint density at radius 3 is 0.238 bits per heavy atom. The fourth-order valence-corrected chi connectivity index (χ4v) is 0. The molecule has 0 aromatic heterocycles. The number of rotatable bonds is 0. The Morgan fingerprint density at radius 2 is 0.238 bits per heavy atom. The molecule has 0 saturated carbocycles. The molecule has 0 N–H and O–H groups in total. The van der Waals surface area contributed by atoms with Gasteiger partial charge in [-0.05, 0) is 0 Å². The molecule has 0 aliphatic rings. The minimum Gasteiger partial charge on any atom is -0.894 e. The van der Waals surface area contributed by atoms with Crippen molar-refractivity contribution in [2.45, 2.75) is 0 Å². The van der Waals surface area contributed by atoms with Crippen molar-refractivity contribution < 1.29 is 57.5 Å². The zero-order valence-corrected chi connectivity index (χ0v) is 40.3. The maximum Gasteiger partial charge on any atom is 2.00 e. The van der Waals surface area contributed by atoms with Crippen LogP contribution in [0.3, 0.4) is 0 Å². The Balaban J connectivity index is -0.0000000129. The quantitative estimate of drug-likeness (QED) is 0.205. The van der Waals surface area contributed by atoms with Crippen LogP contribution >= 0.6 is 0 Å². The second kappa shape index (κ2) is 31.8. The standard InChI is InChI=1S/6Ba.3O4Si/c;;;;;;3*1-5(2,3)4/q6*+2;3*-4. The second-order valence-electron chi connectivity index (χ2n) is 1.50. The Hall–Kier alpha value is 9.60. The van der Waals surface area contributed by atoms with Gasteiger partial charge < -0.3 is 84.7 Å².